The van der Waals surface area contributed by atoms with E-state index in [1.165, 1.54) is 0 Å². The molecule has 3 heterocycles. The van der Waals surface area contributed by atoms with Crippen LogP contribution in [-0.4, -0.2) is 48.0 Å². The van der Waals surface area contributed by atoms with E-state index in [1.54, 1.807) is 6.07 Å². The second kappa shape index (κ2) is 5.69. The standard InChI is InChI=1S/C14H17BrN2O2/c15-13-3-1-2-12(16-13)14(18)10-4-6-17(7-5-10)11-8-19-9-11/h1-3,10-11H,4-9H2. The Balaban J connectivity index is 1.60. The van der Waals surface area contributed by atoms with Crippen LogP contribution in [0.1, 0.15) is 23.3 Å². The van der Waals surface area contributed by atoms with E-state index in [1.807, 2.05) is 12.1 Å². The van der Waals surface area contributed by atoms with Gasteiger partial charge in [-0.25, -0.2) is 4.98 Å². The van der Waals surface area contributed by atoms with Crippen LogP contribution in [0.3, 0.4) is 0 Å². The molecule has 4 nitrogen and oxygen atoms in total. The van der Waals surface area contributed by atoms with Gasteiger partial charge in [-0.2, -0.15) is 0 Å². The number of piperidine rings is 1. The van der Waals surface area contributed by atoms with Crippen molar-refractivity contribution in [2.75, 3.05) is 26.3 Å². The van der Waals surface area contributed by atoms with Gasteiger partial charge in [-0.05, 0) is 54.0 Å². The number of halogens is 1. The monoisotopic (exact) mass is 324 g/mol. The molecule has 19 heavy (non-hydrogen) atoms. The fraction of sp³-hybridized carbons (Fsp3) is 0.571. The van der Waals surface area contributed by atoms with Gasteiger partial charge in [0.2, 0.25) is 0 Å². The molecule has 0 aromatic carbocycles. The Morgan fingerprint density at radius 1 is 1.32 bits per heavy atom. The smallest absolute Gasteiger partial charge is 0.184 e. The Labute approximate surface area is 121 Å². The second-order valence-electron chi connectivity index (χ2n) is 5.21. The van der Waals surface area contributed by atoms with Crippen molar-refractivity contribution in [1.82, 2.24) is 9.88 Å². The molecule has 1 aromatic heterocycles. The lowest BCUT2D eigenvalue weighted by molar-refractivity contribution is -0.0725. The maximum Gasteiger partial charge on any atom is 0.184 e. The van der Waals surface area contributed by atoms with Gasteiger partial charge in [0.05, 0.1) is 19.3 Å². The predicted molar refractivity (Wildman–Crippen MR) is 75.2 cm³/mol. The summed E-state index contributed by atoms with van der Waals surface area (Å²) in [7, 11) is 0. The van der Waals surface area contributed by atoms with Crippen molar-refractivity contribution >= 4 is 21.7 Å². The summed E-state index contributed by atoms with van der Waals surface area (Å²) in [5.41, 5.74) is 0.583. The van der Waals surface area contributed by atoms with Gasteiger partial charge in [-0.15, -0.1) is 0 Å². The van der Waals surface area contributed by atoms with E-state index in [0.717, 1.165) is 43.7 Å². The summed E-state index contributed by atoms with van der Waals surface area (Å²) in [5.74, 6) is 0.310. The van der Waals surface area contributed by atoms with Gasteiger partial charge in [-0.3, -0.25) is 9.69 Å². The van der Waals surface area contributed by atoms with Crippen molar-refractivity contribution in [3.05, 3.63) is 28.5 Å². The number of carbonyl (C=O) groups excluding carboxylic acids is 1. The first kappa shape index (κ1) is 13.2. The third kappa shape index (κ3) is 2.88. The van der Waals surface area contributed by atoms with Crippen LogP contribution in [0.2, 0.25) is 0 Å². The van der Waals surface area contributed by atoms with Crippen molar-refractivity contribution in [3.8, 4) is 0 Å². The number of ketones is 1. The van der Waals surface area contributed by atoms with Crippen LogP contribution >= 0.6 is 15.9 Å². The number of hydrogen-bond donors (Lipinski definition) is 0. The van der Waals surface area contributed by atoms with Crippen molar-refractivity contribution in [2.24, 2.45) is 5.92 Å². The molecule has 2 aliphatic rings. The zero-order chi connectivity index (χ0) is 13.2. The molecule has 0 bridgehead atoms. The first-order valence-corrected chi connectivity index (χ1v) is 7.52. The summed E-state index contributed by atoms with van der Waals surface area (Å²) < 4.78 is 5.95. The Bertz CT molecular complexity index is 468. The molecule has 0 aliphatic carbocycles. The van der Waals surface area contributed by atoms with Gasteiger partial charge in [0.25, 0.3) is 0 Å². The number of hydrogen-bond acceptors (Lipinski definition) is 4. The highest BCUT2D eigenvalue weighted by atomic mass is 79.9. The molecular formula is C14H17BrN2O2. The second-order valence-corrected chi connectivity index (χ2v) is 6.02. The SMILES string of the molecule is O=C(c1cccc(Br)n1)C1CCN(C2COC2)CC1. The van der Waals surface area contributed by atoms with E-state index >= 15 is 0 Å². The molecule has 1 aromatic rings. The van der Waals surface area contributed by atoms with Crippen LogP contribution in [0, 0.1) is 5.92 Å². The zero-order valence-electron chi connectivity index (χ0n) is 10.7. The first-order valence-electron chi connectivity index (χ1n) is 6.72. The minimum Gasteiger partial charge on any atom is -0.378 e. The topological polar surface area (TPSA) is 42.4 Å². The van der Waals surface area contributed by atoms with E-state index in [4.69, 9.17) is 4.74 Å². The fourth-order valence-electron chi connectivity index (χ4n) is 2.72. The third-order valence-electron chi connectivity index (χ3n) is 4.00. The average molecular weight is 325 g/mol. The molecule has 2 fully saturated rings. The minimum atomic E-state index is 0.124. The quantitative estimate of drug-likeness (QED) is 0.631. The number of aromatic nitrogens is 1. The van der Waals surface area contributed by atoms with Crippen LogP contribution in [-0.2, 0) is 4.74 Å². The number of nitrogens with zero attached hydrogens (tertiary/aromatic N) is 2. The van der Waals surface area contributed by atoms with Crippen LogP contribution in [0.15, 0.2) is 22.8 Å². The molecule has 0 atom stereocenters. The molecule has 0 radical (unpaired) electrons. The molecule has 5 heteroatoms. The highest BCUT2D eigenvalue weighted by molar-refractivity contribution is 9.10. The van der Waals surface area contributed by atoms with Crippen LogP contribution < -0.4 is 0 Å². The average Bonchev–Trinajstić information content (AvgIpc) is 2.37. The van der Waals surface area contributed by atoms with E-state index in [0.29, 0.717) is 11.7 Å². The molecule has 0 saturated carbocycles. The summed E-state index contributed by atoms with van der Waals surface area (Å²) >= 11 is 3.31. The lowest BCUT2D eigenvalue weighted by Crippen LogP contribution is -2.52. The lowest BCUT2D eigenvalue weighted by atomic mass is 9.90. The van der Waals surface area contributed by atoms with Crippen molar-refractivity contribution in [1.29, 1.82) is 0 Å². The normalized spacial score (nSPS) is 22.2. The number of ether oxygens (including phenoxy) is 1. The van der Waals surface area contributed by atoms with E-state index in [2.05, 4.69) is 25.8 Å². The fourth-order valence-corrected chi connectivity index (χ4v) is 3.06. The van der Waals surface area contributed by atoms with Crippen LogP contribution in [0.5, 0.6) is 0 Å². The Morgan fingerprint density at radius 2 is 2.05 bits per heavy atom. The predicted octanol–water partition coefficient (Wildman–Crippen LogP) is 2.14. The molecule has 2 saturated heterocycles. The molecule has 0 spiro atoms. The highest BCUT2D eigenvalue weighted by Gasteiger charge is 2.32. The molecule has 102 valence electrons. The summed E-state index contributed by atoms with van der Waals surface area (Å²) in [6, 6.07) is 6.10. The summed E-state index contributed by atoms with van der Waals surface area (Å²) in [5, 5.41) is 0. The van der Waals surface area contributed by atoms with Gasteiger partial charge in [-0.1, -0.05) is 6.07 Å². The summed E-state index contributed by atoms with van der Waals surface area (Å²) in [6.45, 7) is 3.70. The largest absolute Gasteiger partial charge is 0.378 e. The number of likely N-dealkylation sites (tertiary alicyclic amines) is 1. The van der Waals surface area contributed by atoms with Crippen LogP contribution in [0.25, 0.3) is 0 Å². The number of carbonyl (C=O) groups is 1. The third-order valence-corrected chi connectivity index (χ3v) is 4.45. The minimum absolute atomic E-state index is 0.124. The summed E-state index contributed by atoms with van der Waals surface area (Å²) in [6.07, 6.45) is 1.87. The van der Waals surface area contributed by atoms with Gasteiger partial charge >= 0.3 is 0 Å². The first-order chi connectivity index (χ1) is 9.24. The zero-order valence-corrected chi connectivity index (χ0v) is 12.3. The van der Waals surface area contributed by atoms with Crippen molar-refractivity contribution in [3.63, 3.8) is 0 Å². The maximum atomic E-state index is 12.4. The lowest BCUT2D eigenvalue weighted by Gasteiger charge is -2.41. The molecule has 0 unspecified atom stereocenters. The van der Waals surface area contributed by atoms with Crippen molar-refractivity contribution < 1.29 is 9.53 Å². The number of rotatable bonds is 3. The van der Waals surface area contributed by atoms with Gasteiger partial charge < -0.3 is 4.74 Å². The Morgan fingerprint density at radius 3 is 2.63 bits per heavy atom. The van der Waals surface area contributed by atoms with Gasteiger partial charge in [0.1, 0.15) is 10.3 Å². The van der Waals surface area contributed by atoms with E-state index in [9.17, 15) is 4.79 Å². The molecule has 0 N–H and O–H groups in total. The van der Waals surface area contributed by atoms with Gasteiger partial charge in [0, 0.05) is 5.92 Å². The van der Waals surface area contributed by atoms with Crippen LogP contribution in [0.4, 0.5) is 0 Å². The Kier molecular flexibility index (Phi) is 3.96. The molecule has 2 aliphatic heterocycles. The highest BCUT2D eigenvalue weighted by Crippen LogP contribution is 2.24. The summed E-state index contributed by atoms with van der Waals surface area (Å²) in [4.78, 5) is 19.1. The molecule has 0 amide bonds. The Hall–Kier alpha value is -0.780. The maximum absolute atomic E-state index is 12.4. The number of pyridine rings is 1. The molecular weight excluding hydrogens is 308 g/mol. The van der Waals surface area contributed by atoms with E-state index < -0.39 is 0 Å². The molecule has 3 rings (SSSR count). The van der Waals surface area contributed by atoms with E-state index in [-0.39, 0.29) is 11.7 Å². The van der Waals surface area contributed by atoms with Crippen molar-refractivity contribution in [2.45, 2.75) is 18.9 Å². The van der Waals surface area contributed by atoms with Gasteiger partial charge in [0.15, 0.2) is 5.78 Å². The number of Topliss-reactive ketones (excluding diaryl/α,β-unsaturated/α-hetero) is 1.